The van der Waals surface area contributed by atoms with Gasteiger partial charge in [-0.25, -0.2) is 13.2 Å². The highest BCUT2D eigenvalue weighted by Crippen LogP contribution is 2.55. The van der Waals surface area contributed by atoms with Crippen molar-refractivity contribution in [2.45, 2.75) is 128 Å². The second kappa shape index (κ2) is 12.3. The average Bonchev–Trinajstić information content (AvgIpc) is 3.52. The number of Topliss-reactive ketones (excluding diaryl/α,β-unsaturated/α-hetero) is 1. The third kappa shape index (κ3) is 7.96. The van der Waals surface area contributed by atoms with E-state index in [0.29, 0.717) is 19.4 Å². The summed E-state index contributed by atoms with van der Waals surface area (Å²) in [6.07, 6.45) is 10.6. The number of unbranched alkanes of at least 4 members (excludes halogenated alkanes) is 6. The summed E-state index contributed by atoms with van der Waals surface area (Å²) in [5.74, 6) is -0.527. The lowest BCUT2D eigenvalue weighted by atomic mass is 10.0. The van der Waals surface area contributed by atoms with Gasteiger partial charge in [-0.15, -0.1) is 0 Å². The number of nitrogens with one attached hydrogen (secondary N) is 2. The number of likely N-dealkylation sites (tertiary alicyclic amines) is 1. The maximum Gasteiger partial charge on any atom is 0.408 e. The molecule has 12 heteroatoms. The van der Waals surface area contributed by atoms with Crippen molar-refractivity contribution in [3.05, 3.63) is 0 Å². The minimum atomic E-state index is -3.53. The number of ether oxygens (including phenoxy) is 1. The summed E-state index contributed by atoms with van der Waals surface area (Å²) in [6.45, 7) is 7.58. The van der Waals surface area contributed by atoms with Crippen molar-refractivity contribution < 1.29 is 32.3 Å². The number of nitrogens with zero attached hydrogens (tertiary/aromatic N) is 1. The zero-order valence-corrected chi connectivity index (χ0v) is 25.5. The summed E-state index contributed by atoms with van der Waals surface area (Å²) in [5, 5.41) is 2.74. The van der Waals surface area contributed by atoms with Gasteiger partial charge >= 0.3 is 6.09 Å². The fourth-order valence-electron chi connectivity index (χ4n) is 6.04. The van der Waals surface area contributed by atoms with Crippen molar-refractivity contribution in [2.75, 3.05) is 12.8 Å². The molecular weight excluding hydrogens is 536 g/mol. The third-order valence-corrected chi connectivity index (χ3v) is 9.13. The summed E-state index contributed by atoms with van der Waals surface area (Å²) in [5.41, 5.74) is 3.83. The Morgan fingerprint density at radius 2 is 1.68 bits per heavy atom. The minimum Gasteiger partial charge on any atom is -0.444 e. The van der Waals surface area contributed by atoms with Crippen molar-refractivity contribution in [1.82, 2.24) is 14.9 Å². The van der Waals surface area contributed by atoms with Crippen LogP contribution >= 0.6 is 0 Å². The van der Waals surface area contributed by atoms with Gasteiger partial charge in [0.25, 0.3) is 0 Å². The van der Waals surface area contributed by atoms with Gasteiger partial charge in [0.2, 0.25) is 21.8 Å². The third-order valence-electron chi connectivity index (χ3n) is 8.57. The molecule has 0 aromatic carbocycles. The first-order valence-corrected chi connectivity index (χ1v) is 16.5. The number of sulfonamides is 1. The molecule has 5 atom stereocenters. The van der Waals surface area contributed by atoms with E-state index in [-0.39, 0.29) is 17.6 Å². The number of ketones is 1. The Labute approximate surface area is 238 Å². The van der Waals surface area contributed by atoms with E-state index in [4.69, 9.17) is 10.5 Å². The zero-order chi connectivity index (χ0) is 29.9. The number of carbonyl (C=O) groups excluding carboxylic acids is 4. The fraction of sp³-hybridized carbons (Fsp3) is 0.857. The quantitative estimate of drug-likeness (QED) is 0.262. The van der Waals surface area contributed by atoms with Gasteiger partial charge in [0.05, 0.1) is 17.7 Å². The van der Waals surface area contributed by atoms with Crippen LogP contribution in [0.25, 0.3) is 0 Å². The Balaban J connectivity index is 1.36. The molecule has 4 N–H and O–H groups in total. The number of nitrogens with two attached hydrogens (primary N) is 1. The molecule has 0 aromatic rings. The van der Waals surface area contributed by atoms with Gasteiger partial charge in [-0.3, -0.25) is 19.1 Å². The number of hydrogen-bond donors (Lipinski definition) is 3. The topological polar surface area (TPSA) is 165 Å². The lowest BCUT2D eigenvalue weighted by Crippen LogP contribution is -2.53. The average molecular weight is 585 g/mol. The molecule has 0 bridgehead atoms. The standard InChI is InChI=1S/C28H48N4O7S/c1-26(2,3)39-25(36)30-20(23(34)32-17-13-16-28(32)21(29)22(28)33)15-12-10-8-6-7-9-11-14-19-18-27(19,4)24(35)31-40(5,37)38/h19-21H,6-18,29H2,1-5H3,(H,30,36)(H,31,35)/t19-,20?,21?,27+,28?/m1/s1. The zero-order valence-electron chi connectivity index (χ0n) is 24.7. The molecule has 3 fully saturated rings. The van der Waals surface area contributed by atoms with E-state index in [0.717, 1.165) is 70.5 Å². The number of carbonyl (C=O) groups is 4. The summed E-state index contributed by atoms with van der Waals surface area (Å²) in [4.78, 5) is 51.9. The molecule has 11 nitrogen and oxygen atoms in total. The molecule has 3 unspecified atom stereocenters. The predicted octanol–water partition coefficient (Wildman–Crippen LogP) is 2.76. The van der Waals surface area contributed by atoms with Crippen LogP contribution in [0, 0.1) is 11.3 Å². The SMILES string of the molecule is CC(C)(C)OC(=O)NC(CCCCCCCCC[C@@H]1C[C@]1(C)C(=O)NS(C)(=O)=O)C(=O)N1CCCC12C(=O)C2N. The van der Waals surface area contributed by atoms with Crippen LogP contribution in [-0.2, 0) is 29.1 Å². The molecule has 1 aliphatic heterocycles. The van der Waals surface area contributed by atoms with E-state index in [2.05, 4.69) is 10.0 Å². The molecule has 1 spiro atoms. The van der Waals surface area contributed by atoms with Gasteiger partial charge in [-0.2, -0.15) is 0 Å². The highest BCUT2D eigenvalue weighted by molar-refractivity contribution is 7.89. The van der Waals surface area contributed by atoms with Gasteiger partial charge < -0.3 is 20.7 Å². The molecule has 2 saturated carbocycles. The first kappa shape index (κ1) is 32.3. The first-order chi connectivity index (χ1) is 18.5. The van der Waals surface area contributed by atoms with Gasteiger partial charge in [0, 0.05) is 6.54 Å². The lowest BCUT2D eigenvalue weighted by Gasteiger charge is -2.29. The summed E-state index contributed by atoms with van der Waals surface area (Å²) in [6, 6.07) is -1.40. The van der Waals surface area contributed by atoms with Crippen LogP contribution in [0.2, 0.25) is 0 Å². The van der Waals surface area contributed by atoms with Crippen LogP contribution in [0.3, 0.4) is 0 Å². The molecule has 1 saturated heterocycles. The van der Waals surface area contributed by atoms with E-state index in [1.54, 1.807) is 25.7 Å². The monoisotopic (exact) mass is 584 g/mol. The molecule has 2 aliphatic carbocycles. The molecule has 3 aliphatic rings. The molecule has 40 heavy (non-hydrogen) atoms. The van der Waals surface area contributed by atoms with Gasteiger partial charge in [0.1, 0.15) is 17.2 Å². The lowest BCUT2D eigenvalue weighted by molar-refractivity contribution is -0.137. The molecule has 228 valence electrons. The maximum absolute atomic E-state index is 13.4. The molecule has 3 rings (SSSR count). The molecule has 0 radical (unpaired) electrons. The normalized spacial score (nSPS) is 28.4. The van der Waals surface area contributed by atoms with Crippen LogP contribution in [0.15, 0.2) is 0 Å². The van der Waals surface area contributed by atoms with E-state index in [1.165, 1.54) is 0 Å². The second-order valence-electron chi connectivity index (χ2n) is 13.1. The molecule has 3 amide bonds. The Bertz CT molecular complexity index is 1090. The summed E-state index contributed by atoms with van der Waals surface area (Å²) in [7, 11) is -3.53. The second-order valence-corrected chi connectivity index (χ2v) is 14.9. The van der Waals surface area contributed by atoms with E-state index >= 15 is 0 Å². The number of rotatable bonds is 14. The van der Waals surface area contributed by atoms with Crippen LogP contribution in [0.5, 0.6) is 0 Å². The molecular formula is C28H48N4O7S. The van der Waals surface area contributed by atoms with Crippen LogP contribution in [0.1, 0.15) is 105 Å². The van der Waals surface area contributed by atoms with Crippen molar-refractivity contribution in [3.63, 3.8) is 0 Å². The predicted molar refractivity (Wildman–Crippen MR) is 151 cm³/mol. The van der Waals surface area contributed by atoms with Gasteiger partial charge in [-0.05, 0) is 58.8 Å². The van der Waals surface area contributed by atoms with Crippen molar-refractivity contribution >= 4 is 33.7 Å². The Morgan fingerprint density at radius 3 is 2.23 bits per heavy atom. The maximum atomic E-state index is 13.4. The highest BCUT2D eigenvalue weighted by atomic mass is 32.2. The van der Waals surface area contributed by atoms with E-state index in [1.807, 2.05) is 6.92 Å². The highest BCUT2D eigenvalue weighted by Gasteiger charge is 2.69. The number of alkyl carbamates (subject to hydrolysis) is 1. The smallest absolute Gasteiger partial charge is 0.408 e. The van der Waals surface area contributed by atoms with Gasteiger partial charge in [0.15, 0.2) is 5.78 Å². The van der Waals surface area contributed by atoms with Crippen molar-refractivity contribution in [2.24, 2.45) is 17.1 Å². The number of hydrogen-bond acceptors (Lipinski definition) is 8. The summed E-state index contributed by atoms with van der Waals surface area (Å²) >= 11 is 0. The van der Waals surface area contributed by atoms with E-state index in [9.17, 15) is 27.6 Å². The Hall–Kier alpha value is -2.21. The van der Waals surface area contributed by atoms with E-state index < -0.39 is 50.7 Å². The number of amides is 3. The Kier molecular flexibility index (Phi) is 9.97. The first-order valence-electron chi connectivity index (χ1n) is 14.6. The summed E-state index contributed by atoms with van der Waals surface area (Å²) < 4.78 is 30.1. The molecule has 1 heterocycles. The van der Waals surface area contributed by atoms with Crippen LogP contribution in [0.4, 0.5) is 4.79 Å². The van der Waals surface area contributed by atoms with Crippen LogP contribution < -0.4 is 15.8 Å². The van der Waals surface area contributed by atoms with Crippen LogP contribution in [-0.4, -0.2) is 73.0 Å². The van der Waals surface area contributed by atoms with Crippen molar-refractivity contribution in [1.29, 1.82) is 0 Å². The van der Waals surface area contributed by atoms with Gasteiger partial charge in [-0.1, -0.05) is 51.9 Å². The van der Waals surface area contributed by atoms with Crippen molar-refractivity contribution in [3.8, 4) is 0 Å². The largest absolute Gasteiger partial charge is 0.444 e. The minimum absolute atomic E-state index is 0.0992. The fourth-order valence-corrected chi connectivity index (χ4v) is 6.61. The Morgan fingerprint density at radius 1 is 1.10 bits per heavy atom. The molecule has 0 aromatic heterocycles.